The zero-order chi connectivity index (χ0) is 27.4. The van der Waals surface area contributed by atoms with Crippen molar-refractivity contribution in [3.8, 4) is 23.0 Å². The number of fused-ring (bicyclic) bond motifs is 1. The van der Waals surface area contributed by atoms with E-state index in [9.17, 15) is 9.59 Å². The number of methoxy groups -OCH3 is 3. The van der Waals surface area contributed by atoms with Crippen molar-refractivity contribution in [2.45, 2.75) is 40.0 Å². The molecule has 1 aromatic heterocycles. The minimum absolute atomic E-state index is 0.0847. The largest absolute Gasteiger partial charge is 0.493 e. The van der Waals surface area contributed by atoms with Gasteiger partial charge in [0.2, 0.25) is 5.75 Å². The lowest BCUT2D eigenvalue weighted by Crippen LogP contribution is -2.25. The van der Waals surface area contributed by atoms with Crippen LogP contribution in [0.5, 0.6) is 23.0 Å². The Kier molecular flexibility index (Phi) is 8.25. The van der Waals surface area contributed by atoms with Gasteiger partial charge in [0.15, 0.2) is 22.9 Å². The number of ether oxygens (including phenoxy) is 4. The topological polar surface area (TPSA) is 84.2 Å². The maximum absolute atomic E-state index is 13.8. The normalized spacial score (nSPS) is 15.2. The quantitative estimate of drug-likeness (QED) is 0.171. The van der Waals surface area contributed by atoms with Crippen LogP contribution in [0.15, 0.2) is 56.8 Å². The van der Waals surface area contributed by atoms with Gasteiger partial charge in [-0.2, -0.15) is 0 Å². The molecule has 7 heteroatoms. The highest BCUT2D eigenvalue weighted by Gasteiger charge is 2.34. The van der Waals surface area contributed by atoms with Gasteiger partial charge in [-0.25, -0.2) is 4.79 Å². The molecule has 1 aliphatic rings. The number of hydrogen-bond acceptors (Lipinski definition) is 7. The Morgan fingerprint density at radius 2 is 1.71 bits per heavy atom. The Morgan fingerprint density at radius 1 is 1.03 bits per heavy atom. The number of allylic oxidation sites excluding steroid dienone is 2. The minimum atomic E-state index is -0.486. The fraction of sp³-hybridized carbons (Fsp3) is 0.355. The van der Waals surface area contributed by atoms with Crippen LogP contribution in [0.3, 0.4) is 0 Å². The molecule has 0 spiro atoms. The summed E-state index contributed by atoms with van der Waals surface area (Å²) in [7, 11) is 4.72. The molecule has 0 aliphatic heterocycles. The van der Waals surface area contributed by atoms with Crippen molar-refractivity contribution in [1.29, 1.82) is 0 Å². The predicted octanol–water partition coefficient (Wildman–Crippen LogP) is 6.54. The SMILES string of the molecule is CC/C=C(\C)COc1ccc2c(C)cc(=O)oc2c1C(=O)C1CC(=Cc2cc(OC)c(OC)c(OC)c2)C1. The smallest absolute Gasteiger partial charge is 0.336 e. The van der Waals surface area contributed by atoms with Gasteiger partial charge in [-0.05, 0) is 74.1 Å². The molecule has 200 valence electrons. The van der Waals surface area contributed by atoms with Gasteiger partial charge < -0.3 is 23.4 Å². The highest BCUT2D eigenvalue weighted by molar-refractivity contribution is 6.10. The zero-order valence-electron chi connectivity index (χ0n) is 22.8. The van der Waals surface area contributed by atoms with E-state index in [0.29, 0.717) is 48.0 Å². The van der Waals surface area contributed by atoms with Crippen LogP contribution >= 0.6 is 0 Å². The highest BCUT2D eigenvalue weighted by atomic mass is 16.5. The summed E-state index contributed by atoms with van der Waals surface area (Å²) in [6, 6.07) is 8.84. The average molecular weight is 519 g/mol. The maximum atomic E-state index is 13.8. The molecule has 3 aromatic rings. The van der Waals surface area contributed by atoms with E-state index < -0.39 is 5.63 Å². The van der Waals surface area contributed by atoms with E-state index in [2.05, 4.69) is 13.0 Å². The lowest BCUT2D eigenvalue weighted by molar-refractivity contribution is 0.0889. The second-order valence-electron chi connectivity index (χ2n) is 9.54. The minimum Gasteiger partial charge on any atom is -0.493 e. The van der Waals surface area contributed by atoms with Crippen LogP contribution in [0.1, 0.15) is 54.6 Å². The van der Waals surface area contributed by atoms with Crippen molar-refractivity contribution in [3.05, 3.63) is 74.7 Å². The number of carbonyl (C=O) groups excluding carboxylic acids is 1. The second-order valence-corrected chi connectivity index (χ2v) is 9.54. The molecule has 1 heterocycles. The molecule has 0 atom stereocenters. The van der Waals surface area contributed by atoms with E-state index in [1.165, 1.54) is 6.07 Å². The number of carbonyl (C=O) groups is 1. The first-order chi connectivity index (χ1) is 18.3. The molecule has 7 nitrogen and oxygen atoms in total. The summed E-state index contributed by atoms with van der Waals surface area (Å²) in [5.74, 6) is 1.78. The number of rotatable bonds is 10. The Balaban J connectivity index is 1.64. The molecule has 1 fully saturated rings. The van der Waals surface area contributed by atoms with Crippen molar-refractivity contribution >= 4 is 22.8 Å². The fourth-order valence-electron chi connectivity index (χ4n) is 4.82. The van der Waals surface area contributed by atoms with Crippen molar-refractivity contribution in [2.24, 2.45) is 5.92 Å². The van der Waals surface area contributed by atoms with Crippen molar-refractivity contribution in [1.82, 2.24) is 0 Å². The van der Waals surface area contributed by atoms with Gasteiger partial charge in [0, 0.05) is 17.4 Å². The van der Waals surface area contributed by atoms with E-state index >= 15 is 0 Å². The lowest BCUT2D eigenvalue weighted by atomic mass is 9.74. The van der Waals surface area contributed by atoms with E-state index in [0.717, 1.165) is 34.1 Å². The first-order valence-corrected chi connectivity index (χ1v) is 12.7. The Hall–Kier alpha value is -4.00. The zero-order valence-corrected chi connectivity index (χ0v) is 22.8. The monoisotopic (exact) mass is 518 g/mol. The predicted molar refractivity (Wildman–Crippen MR) is 148 cm³/mol. The van der Waals surface area contributed by atoms with Gasteiger partial charge in [-0.3, -0.25) is 4.79 Å². The highest BCUT2D eigenvalue weighted by Crippen LogP contribution is 2.43. The molecule has 0 radical (unpaired) electrons. The van der Waals surface area contributed by atoms with Crippen LogP contribution in [-0.4, -0.2) is 33.7 Å². The van der Waals surface area contributed by atoms with Crippen LogP contribution in [0.4, 0.5) is 0 Å². The third-order valence-electron chi connectivity index (χ3n) is 6.78. The van der Waals surface area contributed by atoms with Gasteiger partial charge in [0.05, 0.1) is 21.3 Å². The van der Waals surface area contributed by atoms with Gasteiger partial charge in [-0.1, -0.05) is 24.6 Å². The van der Waals surface area contributed by atoms with E-state index in [1.807, 2.05) is 38.1 Å². The van der Waals surface area contributed by atoms with Crippen molar-refractivity contribution < 1.29 is 28.2 Å². The molecule has 38 heavy (non-hydrogen) atoms. The van der Waals surface area contributed by atoms with Gasteiger partial charge in [0.25, 0.3) is 0 Å². The molecule has 0 saturated heterocycles. The number of hydrogen-bond donors (Lipinski definition) is 0. The van der Waals surface area contributed by atoms with E-state index in [1.54, 1.807) is 27.4 Å². The molecule has 0 amide bonds. The maximum Gasteiger partial charge on any atom is 0.336 e. The second kappa shape index (κ2) is 11.6. The van der Waals surface area contributed by atoms with Crippen LogP contribution in [0.2, 0.25) is 0 Å². The first kappa shape index (κ1) is 27.0. The summed E-state index contributed by atoms with van der Waals surface area (Å²) in [5.41, 5.74) is 3.99. The number of ketones is 1. The summed E-state index contributed by atoms with van der Waals surface area (Å²) >= 11 is 0. The molecular formula is C31H34O7. The number of benzene rings is 2. The summed E-state index contributed by atoms with van der Waals surface area (Å²) in [6.07, 6.45) is 6.21. The average Bonchev–Trinajstić information content (AvgIpc) is 2.87. The van der Waals surface area contributed by atoms with E-state index in [4.69, 9.17) is 23.4 Å². The van der Waals surface area contributed by atoms with E-state index in [-0.39, 0.29) is 17.3 Å². The Labute approximate surface area is 222 Å². The lowest BCUT2D eigenvalue weighted by Gasteiger charge is -2.29. The molecule has 1 saturated carbocycles. The molecule has 0 unspecified atom stereocenters. The van der Waals surface area contributed by atoms with Gasteiger partial charge in [0.1, 0.15) is 17.9 Å². The van der Waals surface area contributed by atoms with Crippen LogP contribution in [0, 0.1) is 12.8 Å². The van der Waals surface area contributed by atoms with Crippen molar-refractivity contribution in [2.75, 3.05) is 27.9 Å². The number of aryl methyl sites for hydroxylation is 1. The summed E-state index contributed by atoms with van der Waals surface area (Å²) < 4.78 is 28.0. The summed E-state index contributed by atoms with van der Waals surface area (Å²) in [6.45, 7) is 6.24. The van der Waals surface area contributed by atoms with Crippen LogP contribution in [0.25, 0.3) is 17.0 Å². The molecular weight excluding hydrogens is 484 g/mol. The first-order valence-electron chi connectivity index (χ1n) is 12.7. The molecule has 1 aliphatic carbocycles. The fourth-order valence-corrected chi connectivity index (χ4v) is 4.82. The third kappa shape index (κ3) is 5.47. The molecule has 0 N–H and O–H groups in total. The molecule has 4 rings (SSSR count). The van der Waals surface area contributed by atoms with Crippen LogP contribution in [-0.2, 0) is 0 Å². The molecule has 2 aromatic carbocycles. The number of Topliss-reactive ketones (excluding diaryl/α,β-unsaturated/α-hetero) is 1. The Morgan fingerprint density at radius 3 is 2.32 bits per heavy atom. The standard InChI is InChI=1S/C31H34O7/c1-7-8-18(2)17-37-24-10-9-23-19(3)11-27(32)38-30(23)28(24)29(33)22-13-20(14-22)12-21-15-25(34-4)31(36-6)26(16-21)35-5/h8-12,15-16,22H,7,13-14,17H2,1-6H3/b18-8+,20-12?. The van der Waals surface area contributed by atoms with Gasteiger partial charge in [-0.15, -0.1) is 0 Å². The Bertz CT molecular complexity index is 1440. The van der Waals surface area contributed by atoms with Crippen molar-refractivity contribution in [3.63, 3.8) is 0 Å². The summed E-state index contributed by atoms with van der Waals surface area (Å²) in [5, 5.41) is 0.730. The third-order valence-corrected chi connectivity index (χ3v) is 6.78. The summed E-state index contributed by atoms with van der Waals surface area (Å²) in [4.78, 5) is 26.0. The van der Waals surface area contributed by atoms with Crippen LogP contribution < -0.4 is 24.6 Å². The molecule has 0 bridgehead atoms. The van der Waals surface area contributed by atoms with Gasteiger partial charge >= 0.3 is 5.63 Å².